The number of hydrogen-bond donors (Lipinski definition) is 1. The highest BCUT2D eigenvalue weighted by atomic mass is 16.5. The van der Waals surface area contributed by atoms with Crippen LogP contribution in [-0.2, 0) is 0 Å². The van der Waals surface area contributed by atoms with E-state index in [1.54, 1.807) is 14.2 Å². The van der Waals surface area contributed by atoms with Gasteiger partial charge in [-0.25, -0.2) is 0 Å². The van der Waals surface area contributed by atoms with E-state index in [1.807, 2.05) is 18.2 Å². The summed E-state index contributed by atoms with van der Waals surface area (Å²) in [5.74, 6) is 2.12. The maximum absolute atomic E-state index is 5.43. The smallest absolute Gasteiger partial charge is 0.126 e. The number of likely N-dealkylation sites (N-methyl/N-ethyl adjacent to an activating group) is 1. The summed E-state index contributed by atoms with van der Waals surface area (Å²) in [7, 11) is 3.39. The van der Waals surface area contributed by atoms with E-state index in [-0.39, 0.29) is 0 Å². The van der Waals surface area contributed by atoms with Gasteiger partial charge in [0, 0.05) is 17.5 Å². The maximum atomic E-state index is 5.43. The van der Waals surface area contributed by atoms with Gasteiger partial charge in [0.05, 0.1) is 14.2 Å². The van der Waals surface area contributed by atoms with Gasteiger partial charge in [-0.05, 0) is 25.6 Å². The Hall–Kier alpha value is -1.22. The van der Waals surface area contributed by atoms with Gasteiger partial charge in [0.15, 0.2) is 0 Å². The highest BCUT2D eigenvalue weighted by Crippen LogP contribution is 2.36. The van der Waals surface area contributed by atoms with Crippen LogP contribution in [0.2, 0.25) is 0 Å². The predicted octanol–water partition coefficient (Wildman–Crippen LogP) is 2.81. The number of methoxy groups -OCH3 is 2. The summed E-state index contributed by atoms with van der Waals surface area (Å²) in [6.07, 6.45) is 0. The van der Waals surface area contributed by atoms with Crippen molar-refractivity contribution in [3.63, 3.8) is 0 Å². The van der Waals surface area contributed by atoms with Crippen molar-refractivity contribution in [2.75, 3.05) is 20.8 Å². The molecule has 1 rings (SSSR count). The Labute approximate surface area is 104 Å². The van der Waals surface area contributed by atoms with Crippen LogP contribution in [0.15, 0.2) is 18.2 Å². The zero-order valence-corrected chi connectivity index (χ0v) is 11.4. The van der Waals surface area contributed by atoms with Gasteiger partial charge in [-0.15, -0.1) is 0 Å². The molecule has 1 N–H and O–H groups in total. The Morgan fingerprint density at radius 2 is 1.65 bits per heavy atom. The largest absolute Gasteiger partial charge is 0.496 e. The fourth-order valence-corrected chi connectivity index (χ4v) is 2.08. The third-order valence-electron chi connectivity index (χ3n) is 3.20. The molecule has 0 aliphatic carbocycles. The lowest BCUT2D eigenvalue weighted by molar-refractivity contribution is 0.370. The Morgan fingerprint density at radius 1 is 1.12 bits per heavy atom. The van der Waals surface area contributed by atoms with Crippen LogP contribution in [0.25, 0.3) is 0 Å². The van der Waals surface area contributed by atoms with Gasteiger partial charge in [-0.1, -0.05) is 19.9 Å². The zero-order chi connectivity index (χ0) is 12.8. The lowest BCUT2D eigenvalue weighted by atomic mass is 9.92. The molecular formula is C14H23NO2. The van der Waals surface area contributed by atoms with Crippen LogP contribution in [-0.4, -0.2) is 26.8 Å². The summed E-state index contributed by atoms with van der Waals surface area (Å²) in [5, 5.41) is 3.44. The molecule has 2 unspecified atom stereocenters. The summed E-state index contributed by atoms with van der Waals surface area (Å²) < 4.78 is 10.9. The van der Waals surface area contributed by atoms with E-state index >= 15 is 0 Å². The van der Waals surface area contributed by atoms with Crippen molar-refractivity contribution < 1.29 is 9.47 Å². The average molecular weight is 237 g/mol. The SMILES string of the molecule is CCNC(C)C(C)c1c(OC)cccc1OC. The minimum atomic E-state index is 0.334. The number of hydrogen-bond acceptors (Lipinski definition) is 3. The molecule has 0 saturated heterocycles. The van der Waals surface area contributed by atoms with Crippen molar-refractivity contribution in [2.24, 2.45) is 0 Å². The predicted molar refractivity (Wildman–Crippen MR) is 71.1 cm³/mol. The van der Waals surface area contributed by atoms with Crippen LogP contribution in [0.3, 0.4) is 0 Å². The van der Waals surface area contributed by atoms with Crippen molar-refractivity contribution in [3.05, 3.63) is 23.8 Å². The Balaban J connectivity index is 3.08. The third-order valence-corrected chi connectivity index (χ3v) is 3.20. The first-order valence-corrected chi connectivity index (χ1v) is 6.09. The molecular weight excluding hydrogens is 214 g/mol. The van der Waals surface area contributed by atoms with E-state index in [2.05, 4.69) is 26.1 Å². The van der Waals surface area contributed by atoms with Gasteiger partial charge < -0.3 is 14.8 Å². The van der Waals surface area contributed by atoms with Crippen molar-refractivity contribution in [1.82, 2.24) is 5.32 Å². The minimum Gasteiger partial charge on any atom is -0.496 e. The lowest BCUT2D eigenvalue weighted by Crippen LogP contribution is -2.31. The molecule has 0 saturated carbocycles. The molecule has 1 aromatic rings. The van der Waals surface area contributed by atoms with E-state index < -0.39 is 0 Å². The molecule has 0 aromatic heterocycles. The average Bonchev–Trinajstić information content (AvgIpc) is 2.37. The Morgan fingerprint density at radius 3 is 2.06 bits per heavy atom. The van der Waals surface area contributed by atoms with Gasteiger partial charge in [0.1, 0.15) is 11.5 Å². The lowest BCUT2D eigenvalue weighted by Gasteiger charge is -2.24. The van der Waals surface area contributed by atoms with Crippen molar-refractivity contribution >= 4 is 0 Å². The van der Waals surface area contributed by atoms with E-state index in [4.69, 9.17) is 9.47 Å². The van der Waals surface area contributed by atoms with Crippen LogP contribution >= 0.6 is 0 Å². The van der Waals surface area contributed by atoms with Crippen LogP contribution in [0, 0.1) is 0 Å². The Bertz CT molecular complexity index is 330. The monoisotopic (exact) mass is 237 g/mol. The molecule has 0 bridgehead atoms. The zero-order valence-electron chi connectivity index (χ0n) is 11.4. The van der Waals surface area contributed by atoms with Crippen LogP contribution in [0.1, 0.15) is 32.3 Å². The van der Waals surface area contributed by atoms with Crippen LogP contribution in [0.5, 0.6) is 11.5 Å². The highest BCUT2D eigenvalue weighted by Gasteiger charge is 2.21. The second kappa shape index (κ2) is 6.50. The summed E-state index contributed by atoms with van der Waals surface area (Å²) in [6.45, 7) is 7.44. The summed E-state index contributed by atoms with van der Waals surface area (Å²) in [5.41, 5.74) is 1.13. The molecule has 0 radical (unpaired) electrons. The van der Waals surface area contributed by atoms with Gasteiger partial charge in [-0.2, -0.15) is 0 Å². The maximum Gasteiger partial charge on any atom is 0.126 e. The second-order valence-electron chi connectivity index (χ2n) is 4.21. The quantitative estimate of drug-likeness (QED) is 0.825. The molecule has 96 valence electrons. The molecule has 0 spiro atoms. The number of ether oxygens (including phenoxy) is 2. The summed E-state index contributed by atoms with van der Waals surface area (Å²) in [4.78, 5) is 0. The van der Waals surface area contributed by atoms with Crippen LogP contribution in [0.4, 0.5) is 0 Å². The molecule has 17 heavy (non-hydrogen) atoms. The number of rotatable bonds is 6. The topological polar surface area (TPSA) is 30.5 Å². The third kappa shape index (κ3) is 3.13. The summed E-state index contributed by atoms with van der Waals surface area (Å²) >= 11 is 0. The number of nitrogens with one attached hydrogen (secondary N) is 1. The van der Waals surface area contributed by atoms with Crippen molar-refractivity contribution in [2.45, 2.75) is 32.7 Å². The van der Waals surface area contributed by atoms with E-state index in [0.29, 0.717) is 12.0 Å². The van der Waals surface area contributed by atoms with Gasteiger partial charge in [-0.3, -0.25) is 0 Å². The normalized spacial score (nSPS) is 14.2. The minimum absolute atomic E-state index is 0.334. The molecule has 0 aliphatic rings. The van der Waals surface area contributed by atoms with E-state index in [9.17, 15) is 0 Å². The van der Waals surface area contributed by atoms with Crippen molar-refractivity contribution in [3.8, 4) is 11.5 Å². The molecule has 1 aromatic carbocycles. The molecule has 0 amide bonds. The first-order valence-electron chi connectivity index (χ1n) is 6.09. The first kappa shape index (κ1) is 13.8. The van der Waals surface area contributed by atoms with E-state index in [0.717, 1.165) is 23.6 Å². The fraction of sp³-hybridized carbons (Fsp3) is 0.571. The standard InChI is InChI=1S/C14H23NO2/c1-6-15-11(3)10(2)14-12(16-4)8-7-9-13(14)17-5/h7-11,15H,6H2,1-5H3. The molecule has 0 aliphatic heterocycles. The van der Waals surface area contributed by atoms with Crippen molar-refractivity contribution in [1.29, 1.82) is 0 Å². The fourth-order valence-electron chi connectivity index (χ4n) is 2.08. The van der Waals surface area contributed by atoms with E-state index in [1.165, 1.54) is 0 Å². The summed E-state index contributed by atoms with van der Waals surface area (Å²) in [6, 6.07) is 6.29. The molecule has 0 fully saturated rings. The molecule has 0 heterocycles. The number of benzene rings is 1. The second-order valence-corrected chi connectivity index (χ2v) is 4.21. The first-order chi connectivity index (χ1) is 8.15. The molecule has 2 atom stereocenters. The Kier molecular flexibility index (Phi) is 5.29. The van der Waals surface area contributed by atoms with Gasteiger partial charge in [0.25, 0.3) is 0 Å². The molecule has 3 nitrogen and oxygen atoms in total. The van der Waals surface area contributed by atoms with Gasteiger partial charge >= 0.3 is 0 Å². The van der Waals surface area contributed by atoms with Gasteiger partial charge in [0.2, 0.25) is 0 Å². The highest BCUT2D eigenvalue weighted by molar-refractivity contribution is 5.47. The van der Waals surface area contributed by atoms with Crippen LogP contribution < -0.4 is 14.8 Å². The molecule has 3 heteroatoms.